The molecule has 1 spiro atoms. The Morgan fingerprint density at radius 3 is 2.92 bits per heavy atom. The van der Waals surface area contributed by atoms with E-state index in [4.69, 9.17) is 0 Å². The van der Waals surface area contributed by atoms with Crippen molar-refractivity contribution in [3.63, 3.8) is 0 Å². The lowest BCUT2D eigenvalue weighted by Gasteiger charge is -2.32. The van der Waals surface area contributed by atoms with E-state index in [1.54, 1.807) is 6.08 Å². The maximum absolute atomic E-state index is 11.0. The number of ketones is 1. The summed E-state index contributed by atoms with van der Waals surface area (Å²) in [6, 6.07) is 0. The van der Waals surface area contributed by atoms with Crippen LogP contribution in [0.4, 0.5) is 0 Å². The van der Waals surface area contributed by atoms with Crippen molar-refractivity contribution in [1.82, 2.24) is 0 Å². The molecule has 2 aliphatic carbocycles. The summed E-state index contributed by atoms with van der Waals surface area (Å²) < 4.78 is 0. The van der Waals surface area contributed by atoms with E-state index in [2.05, 4.69) is 25.2 Å². The van der Waals surface area contributed by atoms with Crippen LogP contribution >= 0.6 is 0 Å². The van der Waals surface area contributed by atoms with Crippen molar-refractivity contribution in [2.75, 3.05) is 0 Å². The molecule has 2 unspecified atom stereocenters. The minimum absolute atomic E-state index is 0.291. The van der Waals surface area contributed by atoms with E-state index in [0.717, 1.165) is 19.3 Å². The topological polar surface area (TPSA) is 17.1 Å². The molecule has 0 amide bonds. The SMILES string of the molecule is CC1C=CCC12C=CC(=O)CC2. The lowest BCUT2D eigenvalue weighted by atomic mass is 9.71. The summed E-state index contributed by atoms with van der Waals surface area (Å²) in [6.07, 6.45) is 11.3. The average molecular weight is 162 g/mol. The highest BCUT2D eigenvalue weighted by Crippen LogP contribution is 2.45. The molecule has 2 rings (SSSR count). The molecule has 12 heavy (non-hydrogen) atoms. The fourth-order valence-electron chi connectivity index (χ4n) is 2.20. The van der Waals surface area contributed by atoms with Crippen molar-refractivity contribution >= 4 is 5.78 Å². The first-order chi connectivity index (χ1) is 5.73. The van der Waals surface area contributed by atoms with Gasteiger partial charge in [-0.15, -0.1) is 0 Å². The van der Waals surface area contributed by atoms with Crippen LogP contribution in [0.25, 0.3) is 0 Å². The molecule has 0 fully saturated rings. The molecule has 0 aromatic heterocycles. The molecular formula is C11H14O. The summed E-state index contributed by atoms with van der Waals surface area (Å²) in [6.45, 7) is 2.24. The zero-order chi connectivity index (χ0) is 8.60. The second kappa shape index (κ2) is 2.58. The lowest BCUT2D eigenvalue weighted by Crippen LogP contribution is -2.25. The van der Waals surface area contributed by atoms with Crippen LogP contribution in [0, 0.1) is 11.3 Å². The van der Waals surface area contributed by atoms with Gasteiger partial charge in [0.05, 0.1) is 0 Å². The van der Waals surface area contributed by atoms with E-state index in [9.17, 15) is 4.79 Å². The van der Waals surface area contributed by atoms with Gasteiger partial charge in [-0.1, -0.05) is 25.2 Å². The molecule has 0 radical (unpaired) electrons. The first-order valence-corrected chi connectivity index (χ1v) is 4.62. The Morgan fingerprint density at radius 1 is 1.58 bits per heavy atom. The van der Waals surface area contributed by atoms with Gasteiger partial charge in [-0.2, -0.15) is 0 Å². The molecule has 0 aliphatic heterocycles. The number of carbonyl (C=O) groups excluding carboxylic acids is 1. The Balaban J connectivity index is 2.24. The zero-order valence-electron chi connectivity index (χ0n) is 7.42. The Kier molecular flexibility index (Phi) is 1.67. The van der Waals surface area contributed by atoms with Crippen LogP contribution in [0.2, 0.25) is 0 Å². The molecule has 1 heteroatoms. The maximum atomic E-state index is 11.0. The fourth-order valence-corrected chi connectivity index (χ4v) is 2.20. The summed E-state index contributed by atoms with van der Waals surface area (Å²) in [5.74, 6) is 0.904. The number of rotatable bonds is 0. The second-order valence-electron chi connectivity index (χ2n) is 3.95. The normalized spacial score (nSPS) is 39.8. The summed E-state index contributed by atoms with van der Waals surface area (Å²) >= 11 is 0. The van der Waals surface area contributed by atoms with Crippen molar-refractivity contribution in [2.45, 2.75) is 26.2 Å². The monoisotopic (exact) mass is 162 g/mol. The molecule has 0 aromatic carbocycles. The lowest BCUT2D eigenvalue weighted by molar-refractivity contribution is -0.115. The van der Waals surface area contributed by atoms with Crippen molar-refractivity contribution in [2.24, 2.45) is 11.3 Å². The molecular weight excluding hydrogens is 148 g/mol. The van der Waals surface area contributed by atoms with Crippen molar-refractivity contribution < 1.29 is 4.79 Å². The van der Waals surface area contributed by atoms with Crippen LogP contribution < -0.4 is 0 Å². The van der Waals surface area contributed by atoms with E-state index < -0.39 is 0 Å². The number of allylic oxidation sites excluding steroid dienone is 4. The van der Waals surface area contributed by atoms with E-state index in [0.29, 0.717) is 17.1 Å². The molecule has 1 nitrogen and oxygen atoms in total. The van der Waals surface area contributed by atoms with Gasteiger partial charge in [0.25, 0.3) is 0 Å². The highest BCUT2D eigenvalue weighted by atomic mass is 16.1. The Labute approximate surface area is 73.2 Å². The van der Waals surface area contributed by atoms with Gasteiger partial charge in [0.1, 0.15) is 0 Å². The molecule has 0 heterocycles. The molecule has 0 saturated heterocycles. The van der Waals surface area contributed by atoms with E-state index >= 15 is 0 Å². The molecule has 0 saturated carbocycles. The molecule has 0 N–H and O–H groups in total. The third kappa shape index (κ3) is 1.04. The predicted molar refractivity (Wildman–Crippen MR) is 48.7 cm³/mol. The van der Waals surface area contributed by atoms with Gasteiger partial charge in [-0.3, -0.25) is 4.79 Å². The van der Waals surface area contributed by atoms with Crippen molar-refractivity contribution in [3.8, 4) is 0 Å². The summed E-state index contributed by atoms with van der Waals surface area (Å²) in [7, 11) is 0. The fraction of sp³-hybridized carbons (Fsp3) is 0.545. The standard InChI is InChI=1S/C11H14O/c1-9-3-2-6-11(9)7-4-10(12)5-8-11/h2-4,7,9H,5-6,8H2,1H3. The molecule has 0 aromatic rings. The van der Waals surface area contributed by atoms with Gasteiger partial charge in [-0.25, -0.2) is 0 Å². The van der Waals surface area contributed by atoms with Gasteiger partial charge in [0.2, 0.25) is 0 Å². The second-order valence-corrected chi connectivity index (χ2v) is 3.95. The quantitative estimate of drug-likeness (QED) is 0.500. The summed E-state index contributed by atoms with van der Waals surface area (Å²) in [5.41, 5.74) is 0.300. The third-order valence-electron chi connectivity index (χ3n) is 3.27. The van der Waals surface area contributed by atoms with E-state index in [1.807, 2.05) is 0 Å². The van der Waals surface area contributed by atoms with Crippen molar-refractivity contribution in [3.05, 3.63) is 24.3 Å². The highest BCUT2D eigenvalue weighted by Gasteiger charge is 2.36. The van der Waals surface area contributed by atoms with Crippen LogP contribution in [-0.2, 0) is 4.79 Å². The summed E-state index contributed by atoms with van der Waals surface area (Å²) in [5, 5.41) is 0. The Bertz CT molecular complexity index is 262. The molecule has 0 bridgehead atoms. The third-order valence-corrected chi connectivity index (χ3v) is 3.27. The Hall–Kier alpha value is -0.850. The van der Waals surface area contributed by atoms with Gasteiger partial charge in [-0.05, 0) is 30.3 Å². The highest BCUT2D eigenvalue weighted by molar-refractivity contribution is 5.90. The van der Waals surface area contributed by atoms with Gasteiger partial charge in [0.15, 0.2) is 5.78 Å². The number of carbonyl (C=O) groups is 1. The van der Waals surface area contributed by atoms with Gasteiger partial charge < -0.3 is 0 Å². The molecule has 2 aliphatic rings. The van der Waals surface area contributed by atoms with E-state index in [1.165, 1.54) is 0 Å². The Morgan fingerprint density at radius 2 is 2.42 bits per heavy atom. The minimum atomic E-state index is 0.291. The van der Waals surface area contributed by atoms with Crippen LogP contribution in [0.5, 0.6) is 0 Å². The van der Waals surface area contributed by atoms with Gasteiger partial charge in [0, 0.05) is 6.42 Å². The molecule has 2 atom stereocenters. The maximum Gasteiger partial charge on any atom is 0.155 e. The minimum Gasteiger partial charge on any atom is -0.295 e. The number of hydrogen-bond donors (Lipinski definition) is 0. The zero-order valence-corrected chi connectivity index (χ0v) is 7.42. The first kappa shape index (κ1) is 7.78. The van der Waals surface area contributed by atoms with Crippen LogP contribution in [-0.4, -0.2) is 5.78 Å². The smallest absolute Gasteiger partial charge is 0.155 e. The predicted octanol–water partition coefficient (Wildman–Crippen LogP) is 2.49. The average Bonchev–Trinajstić information content (AvgIpc) is 2.41. The molecule has 64 valence electrons. The van der Waals surface area contributed by atoms with Crippen LogP contribution in [0.3, 0.4) is 0 Å². The van der Waals surface area contributed by atoms with Crippen LogP contribution in [0.15, 0.2) is 24.3 Å². The van der Waals surface area contributed by atoms with Gasteiger partial charge >= 0.3 is 0 Å². The largest absolute Gasteiger partial charge is 0.295 e. The van der Waals surface area contributed by atoms with Crippen molar-refractivity contribution in [1.29, 1.82) is 0 Å². The number of hydrogen-bond acceptors (Lipinski definition) is 1. The van der Waals surface area contributed by atoms with Crippen LogP contribution in [0.1, 0.15) is 26.2 Å². The summed E-state index contributed by atoms with van der Waals surface area (Å²) in [4.78, 5) is 11.0. The van der Waals surface area contributed by atoms with E-state index in [-0.39, 0.29) is 0 Å². The first-order valence-electron chi connectivity index (χ1n) is 4.62.